The summed E-state index contributed by atoms with van der Waals surface area (Å²) in [6.07, 6.45) is 10.4. The molecule has 0 bridgehead atoms. The van der Waals surface area contributed by atoms with Crippen LogP contribution in [0.2, 0.25) is 0 Å². The highest BCUT2D eigenvalue weighted by molar-refractivity contribution is 5.70. The van der Waals surface area contributed by atoms with E-state index >= 15 is 0 Å². The highest BCUT2D eigenvalue weighted by Crippen LogP contribution is 2.35. The first-order valence-electron chi connectivity index (χ1n) is 10.3. The summed E-state index contributed by atoms with van der Waals surface area (Å²) in [5, 5.41) is 20.9. The highest BCUT2D eigenvalue weighted by Gasteiger charge is 2.35. The van der Waals surface area contributed by atoms with Gasteiger partial charge in [-0.3, -0.25) is 4.79 Å². The van der Waals surface area contributed by atoms with E-state index in [1.807, 2.05) is 18.2 Å². The SMILES string of the molecule is CCOC(=O)C[C@]1(O)CCC[C@H](/C=C/[C@H](O)CCCCc2ccccc2)C1. The maximum atomic E-state index is 11.7. The number of carbonyl (C=O) groups excluding carboxylic acids is 1. The maximum absolute atomic E-state index is 11.7. The number of ether oxygens (including phenoxy) is 1. The van der Waals surface area contributed by atoms with Gasteiger partial charge >= 0.3 is 5.97 Å². The van der Waals surface area contributed by atoms with Gasteiger partial charge < -0.3 is 14.9 Å². The van der Waals surface area contributed by atoms with E-state index in [0.29, 0.717) is 19.4 Å². The molecule has 0 amide bonds. The minimum Gasteiger partial charge on any atom is -0.466 e. The molecule has 1 aromatic carbocycles. The first kappa shape index (κ1) is 21.6. The molecule has 27 heavy (non-hydrogen) atoms. The minimum atomic E-state index is -0.972. The summed E-state index contributed by atoms with van der Waals surface area (Å²) in [7, 11) is 0. The summed E-state index contributed by atoms with van der Waals surface area (Å²) >= 11 is 0. The van der Waals surface area contributed by atoms with Gasteiger partial charge in [0.1, 0.15) is 0 Å². The second-order valence-electron chi connectivity index (χ2n) is 7.75. The Morgan fingerprint density at radius 3 is 2.85 bits per heavy atom. The van der Waals surface area contributed by atoms with Crippen molar-refractivity contribution < 1.29 is 19.7 Å². The minimum absolute atomic E-state index is 0.0627. The Kier molecular flexibility index (Phi) is 9.02. The average molecular weight is 375 g/mol. The van der Waals surface area contributed by atoms with E-state index in [2.05, 4.69) is 24.3 Å². The fourth-order valence-corrected chi connectivity index (χ4v) is 3.90. The van der Waals surface area contributed by atoms with Gasteiger partial charge in [-0.05, 0) is 63.4 Å². The smallest absolute Gasteiger partial charge is 0.308 e. The number of benzene rings is 1. The second kappa shape index (κ2) is 11.3. The second-order valence-corrected chi connectivity index (χ2v) is 7.75. The maximum Gasteiger partial charge on any atom is 0.308 e. The van der Waals surface area contributed by atoms with Gasteiger partial charge in [0, 0.05) is 0 Å². The van der Waals surface area contributed by atoms with Crippen molar-refractivity contribution in [2.24, 2.45) is 5.92 Å². The summed E-state index contributed by atoms with van der Waals surface area (Å²) in [6, 6.07) is 10.4. The van der Waals surface area contributed by atoms with Crippen LogP contribution in [0.15, 0.2) is 42.5 Å². The van der Waals surface area contributed by atoms with Crippen molar-refractivity contribution in [3.63, 3.8) is 0 Å². The van der Waals surface area contributed by atoms with Crippen molar-refractivity contribution in [3.05, 3.63) is 48.0 Å². The average Bonchev–Trinajstić information content (AvgIpc) is 2.64. The Hall–Kier alpha value is -1.65. The van der Waals surface area contributed by atoms with Gasteiger partial charge in [0.2, 0.25) is 0 Å². The zero-order chi connectivity index (χ0) is 19.5. The lowest BCUT2D eigenvalue weighted by Crippen LogP contribution is -2.37. The highest BCUT2D eigenvalue weighted by atomic mass is 16.5. The van der Waals surface area contributed by atoms with E-state index in [0.717, 1.165) is 38.5 Å². The predicted octanol–water partition coefficient (Wildman–Crippen LogP) is 4.19. The fourth-order valence-electron chi connectivity index (χ4n) is 3.90. The van der Waals surface area contributed by atoms with Crippen LogP contribution in [-0.2, 0) is 16.0 Å². The van der Waals surface area contributed by atoms with Crippen LogP contribution >= 0.6 is 0 Å². The Balaban J connectivity index is 1.69. The van der Waals surface area contributed by atoms with Crippen molar-refractivity contribution in [1.82, 2.24) is 0 Å². The monoisotopic (exact) mass is 374 g/mol. The van der Waals surface area contributed by atoms with Gasteiger partial charge in [-0.1, -0.05) is 48.9 Å². The van der Waals surface area contributed by atoms with Crippen molar-refractivity contribution in [1.29, 1.82) is 0 Å². The molecule has 0 heterocycles. The molecule has 0 aliphatic heterocycles. The molecule has 0 unspecified atom stereocenters. The number of rotatable bonds is 10. The van der Waals surface area contributed by atoms with Crippen molar-refractivity contribution in [2.75, 3.05) is 6.61 Å². The van der Waals surface area contributed by atoms with Gasteiger partial charge in [-0.2, -0.15) is 0 Å². The molecule has 1 fully saturated rings. The lowest BCUT2D eigenvalue weighted by atomic mass is 9.76. The van der Waals surface area contributed by atoms with Crippen LogP contribution in [0.25, 0.3) is 0 Å². The van der Waals surface area contributed by atoms with Crippen LogP contribution in [0.4, 0.5) is 0 Å². The van der Waals surface area contributed by atoms with E-state index in [4.69, 9.17) is 4.74 Å². The molecule has 1 aromatic rings. The molecule has 2 N–H and O–H groups in total. The normalized spacial score (nSPS) is 24.0. The number of hydrogen-bond acceptors (Lipinski definition) is 4. The van der Waals surface area contributed by atoms with Crippen LogP contribution in [0.1, 0.15) is 63.9 Å². The van der Waals surface area contributed by atoms with Gasteiger partial charge in [0.25, 0.3) is 0 Å². The first-order chi connectivity index (χ1) is 13.0. The van der Waals surface area contributed by atoms with Crippen LogP contribution < -0.4 is 0 Å². The number of aliphatic hydroxyl groups excluding tert-OH is 1. The zero-order valence-corrected chi connectivity index (χ0v) is 16.5. The molecule has 1 aliphatic carbocycles. The van der Waals surface area contributed by atoms with E-state index in [9.17, 15) is 15.0 Å². The third kappa shape index (κ3) is 8.27. The van der Waals surface area contributed by atoms with Crippen LogP contribution in [0, 0.1) is 5.92 Å². The molecular formula is C23H34O4. The first-order valence-corrected chi connectivity index (χ1v) is 10.3. The molecule has 3 atom stereocenters. The number of esters is 1. The van der Waals surface area contributed by atoms with Crippen molar-refractivity contribution in [3.8, 4) is 0 Å². The molecule has 150 valence electrons. The van der Waals surface area contributed by atoms with Crippen LogP contribution in [0.5, 0.6) is 0 Å². The number of hydrogen-bond donors (Lipinski definition) is 2. The summed E-state index contributed by atoms with van der Waals surface area (Å²) in [6.45, 7) is 2.12. The third-order valence-electron chi connectivity index (χ3n) is 5.30. The Labute approximate surface area is 163 Å². The number of carbonyl (C=O) groups is 1. The molecule has 0 spiro atoms. The van der Waals surface area contributed by atoms with E-state index in [1.165, 1.54) is 5.56 Å². The fraction of sp³-hybridized carbons (Fsp3) is 0.609. The molecule has 4 heteroatoms. The Morgan fingerprint density at radius 2 is 2.11 bits per heavy atom. The Morgan fingerprint density at radius 1 is 1.33 bits per heavy atom. The van der Waals surface area contributed by atoms with Gasteiger partial charge in [-0.15, -0.1) is 0 Å². The molecule has 4 nitrogen and oxygen atoms in total. The quantitative estimate of drug-likeness (QED) is 0.366. The summed E-state index contributed by atoms with van der Waals surface area (Å²) in [5.41, 5.74) is 0.366. The van der Waals surface area contributed by atoms with Crippen LogP contribution in [0.3, 0.4) is 0 Å². The Bertz CT molecular complexity index is 583. The van der Waals surface area contributed by atoms with E-state index in [1.54, 1.807) is 6.92 Å². The molecule has 0 saturated heterocycles. The van der Waals surface area contributed by atoms with Gasteiger partial charge in [-0.25, -0.2) is 0 Å². The molecule has 2 rings (SSSR count). The predicted molar refractivity (Wildman–Crippen MR) is 107 cm³/mol. The zero-order valence-electron chi connectivity index (χ0n) is 16.5. The van der Waals surface area contributed by atoms with Gasteiger partial charge in [0.05, 0.1) is 24.7 Å². The van der Waals surface area contributed by atoms with Crippen molar-refractivity contribution in [2.45, 2.75) is 76.4 Å². The lowest BCUT2D eigenvalue weighted by Gasteiger charge is -2.35. The largest absolute Gasteiger partial charge is 0.466 e. The number of unbranched alkanes of at least 4 members (excludes halogenated alkanes) is 1. The van der Waals surface area contributed by atoms with E-state index in [-0.39, 0.29) is 18.3 Å². The molecule has 0 radical (unpaired) electrons. The lowest BCUT2D eigenvalue weighted by molar-refractivity contribution is -0.150. The topological polar surface area (TPSA) is 66.8 Å². The summed E-state index contributed by atoms with van der Waals surface area (Å²) in [4.78, 5) is 11.7. The number of aliphatic hydroxyl groups is 2. The molecule has 1 saturated carbocycles. The standard InChI is InChI=1S/C23H34O4/c1-2-27-22(25)18-23(26)16-8-12-20(17-23)14-15-21(24)13-7-6-11-19-9-4-3-5-10-19/h3-5,9-10,14-15,20-21,24,26H,2,6-8,11-13,16-18H2,1H3/b15-14+/t20-,21-,23+/m1/s1. The summed E-state index contributed by atoms with van der Waals surface area (Å²) in [5.74, 6) is -0.125. The number of aryl methyl sites for hydroxylation is 1. The molecular weight excluding hydrogens is 340 g/mol. The van der Waals surface area contributed by atoms with Crippen LogP contribution in [-0.4, -0.2) is 34.5 Å². The third-order valence-corrected chi connectivity index (χ3v) is 5.30. The van der Waals surface area contributed by atoms with Crippen molar-refractivity contribution >= 4 is 5.97 Å². The summed E-state index contributed by atoms with van der Waals surface area (Å²) < 4.78 is 4.97. The van der Waals surface area contributed by atoms with E-state index < -0.39 is 11.7 Å². The number of allylic oxidation sites excluding steroid dienone is 1. The molecule has 0 aromatic heterocycles. The van der Waals surface area contributed by atoms with Gasteiger partial charge in [0.15, 0.2) is 0 Å². The molecule has 1 aliphatic rings.